The number of hydrogen-bond donors (Lipinski definition) is 0. The Labute approximate surface area is 141 Å². The second-order valence-electron chi connectivity index (χ2n) is 6.05. The highest BCUT2D eigenvalue weighted by atomic mass is 16.5. The third kappa shape index (κ3) is 3.74. The zero-order valence-electron chi connectivity index (χ0n) is 13.7. The predicted molar refractivity (Wildman–Crippen MR) is 88.4 cm³/mol. The van der Waals surface area contributed by atoms with Crippen LogP contribution in [0.1, 0.15) is 24.0 Å². The molecule has 1 fully saturated rings. The summed E-state index contributed by atoms with van der Waals surface area (Å²) in [6.07, 6.45) is 5.82. The molecule has 124 valence electrons. The Morgan fingerprint density at radius 3 is 2.88 bits per heavy atom. The highest BCUT2D eigenvalue weighted by molar-refractivity contribution is 5.78. The van der Waals surface area contributed by atoms with Crippen LogP contribution in [0.2, 0.25) is 0 Å². The van der Waals surface area contributed by atoms with E-state index < -0.39 is 0 Å². The number of hydrogen-bond acceptors (Lipinski definition) is 4. The molecule has 6 nitrogen and oxygen atoms in total. The van der Waals surface area contributed by atoms with Gasteiger partial charge in [0, 0.05) is 12.7 Å². The number of likely N-dealkylation sites (tertiary alicyclic amines) is 1. The molecule has 1 amide bonds. The predicted octanol–water partition coefficient (Wildman–Crippen LogP) is 2.13. The van der Waals surface area contributed by atoms with E-state index in [1.807, 2.05) is 28.9 Å². The molecule has 0 unspecified atom stereocenters. The van der Waals surface area contributed by atoms with E-state index in [0.717, 1.165) is 31.5 Å². The first-order chi connectivity index (χ1) is 11.7. The molecule has 3 rings (SSSR count). The monoisotopic (exact) mass is 324 g/mol. The number of carbonyl (C=O) groups excluding carboxylic acids is 1. The summed E-state index contributed by atoms with van der Waals surface area (Å²) in [5, 5.41) is 13.1. The molecule has 1 aromatic carbocycles. The maximum absolute atomic E-state index is 12.5. The lowest BCUT2D eigenvalue weighted by atomic mass is 10.2. The van der Waals surface area contributed by atoms with Gasteiger partial charge < -0.3 is 9.64 Å². The van der Waals surface area contributed by atoms with Crippen LogP contribution in [0.15, 0.2) is 36.7 Å². The van der Waals surface area contributed by atoms with Crippen LogP contribution in [0.4, 0.5) is 0 Å². The van der Waals surface area contributed by atoms with Crippen molar-refractivity contribution < 1.29 is 9.53 Å². The minimum Gasteiger partial charge on any atom is -0.484 e. The minimum absolute atomic E-state index is 0.00858. The Morgan fingerprint density at radius 2 is 2.21 bits per heavy atom. The Hall–Kier alpha value is -2.81. The summed E-state index contributed by atoms with van der Waals surface area (Å²) in [5.74, 6) is 0.589. The van der Waals surface area contributed by atoms with Crippen LogP contribution < -0.4 is 4.74 Å². The van der Waals surface area contributed by atoms with Gasteiger partial charge in [0.1, 0.15) is 5.75 Å². The highest BCUT2D eigenvalue weighted by Gasteiger charge is 2.29. The fourth-order valence-corrected chi connectivity index (χ4v) is 2.99. The second kappa shape index (κ2) is 7.18. The fraction of sp³-hybridized carbons (Fsp3) is 0.389. The number of ether oxygens (including phenoxy) is 1. The van der Waals surface area contributed by atoms with Crippen LogP contribution >= 0.6 is 0 Å². The summed E-state index contributed by atoms with van der Waals surface area (Å²) in [7, 11) is 0. The van der Waals surface area contributed by atoms with Gasteiger partial charge in [-0.05, 0) is 49.6 Å². The van der Waals surface area contributed by atoms with E-state index in [2.05, 4.69) is 11.2 Å². The molecule has 1 aliphatic rings. The maximum atomic E-state index is 12.5. The van der Waals surface area contributed by atoms with E-state index in [4.69, 9.17) is 10.00 Å². The first-order valence-corrected chi connectivity index (χ1v) is 8.07. The molecule has 0 bridgehead atoms. The Balaban J connectivity index is 1.55. The van der Waals surface area contributed by atoms with Crippen molar-refractivity contribution in [2.75, 3.05) is 13.2 Å². The molecule has 1 aliphatic heterocycles. The van der Waals surface area contributed by atoms with E-state index in [-0.39, 0.29) is 18.6 Å². The quantitative estimate of drug-likeness (QED) is 0.845. The molecule has 0 aliphatic carbocycles. The van der Waals surface area contributed by atoms with Crippen molar-refractivity contribution in [2.24, 2.45) is 0 Å². The summed E-state index contributed by atoms with van der Waals surface area (Å²) in [6.45, 7) is 3.50. The molecule has 1 aromatic heterocycles. The lowest BCUT2D eigenvalue weighted by Crippen LogP contribution is -2.40. The van der Waals surface area contributed by atoms with Crippen LogP contribution in [0.25, 0.3) is 0 Å². The molecule has 0 radical (unpaired) electrons. The number of aromatic nitrogens is 2. The maximum Gasteiger partial charge on any atom is 0.260 e. The molecule has 0 N–H and O–H groups in total. The SMILES string of the molecule is Cc1cnn(C[C@@H]2CCCN2C(=O)COc2ccc(C#N)cc2)c1. The summed E-state index contributed by atoms with van der Waals surface area (Å²) in [5.41, 5.74) is 1.69. The number of rotatable bonds is 5. The largest absolute Gasteiger partial charge is 0.484 e. The molecule has 2 aromatic rings. The Bertz CT molecular complexity index is 745. The Morgan fingerprint density at radius 1 is 1.42 bits per heavy atom. The van der Waals surface area contributed by atoms with Gasteiger partial charge in [-0.2, -0.15) is 10.4 Å². The van der Waals surface area contributed by atoms with Gasteiger partial charge >= 0.3 is 0 Å². The van der Waals surface area contributed by atoms with Crippen LogP contribution in [0, 0.1) is 18.3 Å². The van der Waals surface area contributed by atoms with E-state index in [0.29, 0.717) is 11.3 Å². The van der Waals surface area contributed by atoms with E-state index in [9.17, 15) is 4.79 Å². The Kier molecular flexibility index (Phi) is 4.80. The number of amides is 1. The zero-order valence-corrected chi connectivity index (χ0v) is 13.7. The van der Waals surface area contributed by atoms with Gasteiger partial charge in [0.25, 0.3) is 5.91 Å². The van der Waals surface area contributed by atoms with Crippen LogP contribution in [-0.4, -0.2) is 39.8 Å². The standard InChI is InChI=1S/C18H20N4O2/c1-14-10-20-21(11-14)12-16-3-2-8-22(16)18(23)13-24-17-6-4-15(9-19)5-7-17/h4-7,10-11,16H,2-3,8,12-13H2,1H3/t16-/m0/s1. The zero-order chi connectivity index (χ0) is 16.9. The van der Waals surface area contributed by atoms with Crippen molar-refractivity contribution in [3.8, 4) is 11.8 Å². The van der Waals surface area contributed by atoms with Crippen LogP contribution in [-0.2, 0) is 11.3 Å². The first kappa shape index (κ1) is 16.1. The summed E-state index contributed by atoms with van der Waals surface area (Å²) in [6, 6.07) is 9.00. The van der Waals surface area contributed by atoms with Gasteiger partial charge in [-0.25, -0.2) is 0 Å². The van der Waals surface area contributed by atoms with Gasteiger partial charge in [0.2, 0.25) is 0 Å². The van der Waals surface area contributed by atoms with E-state index in [1.54, 1.807) is 24.3 Å². The number of benzene rings is 1. The average Bonchev–Trinajstić information content (AvgIpc) is 3.22. The van der Waals surface area contributed by atoms with Crippen molar-refractivity contribution in [1.29, 1.82) is 5.26 Å². The van der Waals surface area contributed by atoms with Crippen LogP contribution in [0.5, 0.6) is 5.75 Å². The molecule has 0 saturated carbocycles. The van der Waals surface area contributed by atoms with Crippen LogP contribution in [0.3, 0.4) is 0 Å². The fourth-order valence-electron chi connectivity index (χ4n) is 2.99. The number of aryl methyl sites for hydroxylation is 1. The summed E-state index contributed by atoms with van der Waals surface area (Å²) >= 11 is 0. The van der Waals surface area contributed by atoms with Gasteiger partial charge in [0.15, 0.2) is 6.61 Å². The molecule has 2 heterocycles. The van der Waals surface area contributed by atoms with Gasteiger partial charge in [-0.15, -0.1) is 0 Å². The molecule has 1 atom stereocenters. The number of nitrogens with zero attached hydrogens (tertiary/aromatic N) is 4. The lowest BCUT2D eigenvalue weighted by Gasteiger charge is -2.24. The van der Waals surface area contributed by atoms with Crippen molar-refractivity contribution in [1.82, 2.24) is 14.7 Å². The third-order valence-corrected chi connectivity index (χ3v) is 4.20. The van der Waals surface area contributed by atoms with Gasteiger partial charge in [-0.1, -0.05) is 0 Å². The van der Waals surface area contributed by atoms with E-state index in [1.165, 1.54) is 0 Å². The van der Waals surface area contributed by atoms with Crippen molar-refractivity contribution >= 4 is 5.91 Å². The van der Waals surface area contributed by atoms with Crippen molar-refractivity contribution in [3.63, 3.8) is 0 Å². The van der Waals surface area contributed by atoms with Crippen molar-refractivity contribution in [2.45, 2.75) is 32.4 Å². The molecule has 1 saturated heterocycles. The average molecular weight is 324 g/mol. The molecular weight excluding hydrogens is 304 g/mol. The molecular formula is C18H20N4O2. The second-order valence-corrected chi connectivity index (χ2v) is 6.05. The molecule has 24 heavy (non-hydrogen) atoms. The topological polar surface area (TPSA) is 71.2 Å². The van der Waals surface area contributed by atoms with Gasteiger partial charge in [0.05, 0.1) is 30.4 Å². The number of nitriles is 1. The first-order valence-electron chi connectivity index (χ1n) is 8.07. The minimum atomic E-state index is -0.00858. The molecule has 0 spiro atoms. The highest BCUT2D eigenvalue weighted by Crippen LogP contribution is 2.20. The number of carbonyl (C=O) groups is 1. The summed E-state index contributed by atoms with van der Waals surface area (Å²) < 4.78 is 7.46. The smallest absolute Gasteiger partial charge is 0.260 e. The third-order valence-electron chi connectivity index (χ3n) is 4.20. The lowest BCUT2D eigenvalue weighted by molar-refractivity contribution is -0.134. The van der Waals surface area contributed by atoms with Gasteiger partial charge in [-0.3, -0.25) is 9.48 Å². The van der Waals surface area contributed by atoms with E-state index >= 15 is 0 Å². The van der Waals surface area contributed by atoms with Crippen molar-refractivity contribution in [3.05, 3.63) is 47.8 Å². The molecule has 6 heteroatoms. The normalized spacial score (nSPS) is 16.8. The summed E-state index contributed by atoms with van der Waals surface area (Å²) in [4.78, 5) is 14.4.